The second kappa shape index (κ2) is 11.4. The highest BCUT2D eigenvalue weighted by Gasteiger charge is 2.40. The van der Waals surface area contributed by atoms with Crippen molar-refractivity contribution in [1.82, 2.24) is 14.8 Å². The number of piperidine rings is 1. The lowest BCUT2D eigenvalue weighted by atomic mass is 9.72. The molecule has 3 N–H and O–H groups in total. The van der Waals surface area contributed by atoms with E-state index in [1.807, 2.05) is 0 Å². The van der Waals surface area contributed by atoms with E-state index in [0.717, 1.165) is 24.0 Å². The third kappa shape index (κ3) is 5.91. The second-order valence-corrected chi connectivity index (χ2v) is 10.1. The second-order valence-electron chi connectivity index (χ2n) is 9.29. The predicted molar refractivity (Wildman–Crippen MR) is 135 cm³/mol. The Morgan fingerprint density at radius 3 is 2.56 bits per heavy atom. The van der Waals surface area contributed by atoms with Gasteiger partial charge in [0.1, 0.15) is 0 Å². The van der Waals surface area contributed by atoms with Crippen molar-refractivity contribution in [2.75, 3.05) is 46.5 Å². The van der Waals surface area contributed by atoms with Gasteiger partial charge in [0.25, 0.3) is 0 Å². The minimum absolute atomic E-state index is 0.198. The average molecular weight is 564 g/mol. The van der Waals surface area contributed by atoms with Gasteiger partial charge in [0, 0.05) is 60.6 Å². The Morgan fingerprint density at radius 1 is 1.19 bits per heavy atom. The summed E-state index contributed by atoms with van der Waals surface area (Å²) in [5, 5.41) is 17.0. The van der Waals surface area contributed by atoms with Crippen molar-refractivity contribution >= 4 is 44.9 Å². The number of likely N-dealkylation sites (N-methyl/N-ethyl adjacent to an activating group) is 1. The summed E-state index contributed by atoms with van der Waals surface area (Å²) in [7, 11) is 2.21. The van der Waals surface area contributed by atoms with E-state index < -0.39 is 11.9 Å². The Morgan fingerprint density at radius 2 is 1.89 bits per heavy atom. The summed E-state index contributed by atoms with van der Waals surface area (Å²) >= 11 is 3.72. The molecule has 1 aromatic heterocycles. The molecule has 0 spiro atoms. The number of morpholine rings is 1. The van der Waals surface area contributed by atoms with Crippen molar-refractivity contribution in [2.24, 2.45) is 5.92 Å². The molecule has 2 aliphatic heterocycles. The van der Waals surface area contributed by atoms with Gasteiger partial charge in [-0.05, 0) is 53.0 Å². The summed E-state index contributed by atoms with van der Waals surface area (Å²) in [5.74, 6) is -1.68. The Kier molecular flexibility index (Phi) is 8.32. The number of hydrogen-bond donors (Lipinski definition) is 3. The molecule has 194 valence electrons. The van der Waals surface area contributed by atoms with Crippen LogP contribution in [0.5, 0.6) is 0 Å². The normalized spacial score (nSPS) is 23.6. The number of likely N-dealkylation sites (tertiary alicyclic amines) is 1. The van der Waals surface area contributed by atoms with Crippen LogP contribution in [0.1, 0.15) is 23.5 Å². The number of aliphatic carboxylic acids is 2. The maximum atomic E-state index is 12.4. The van der Waals surface area contributed by atoms with Crippen LogP contribution in [0, 0.1) is 5.92 Å². The number of halogens is 1. The number of hydrogen-bond acceptors (Lipinski definition) is 6. The highest BCUT2D eigenvalue weighted by molar-refractivity contribution is 9.10. The van der Waals surface area contributed by atoms with E-state index in [1.165, 1.54) is 22.0 Å². The Balaban J connectivity index is 0.000000331. The smallest absolute Gasteiger partial charge is 0.409 e. The van der Waals surface area contributed by atoms with Crippen molar-refractivity contribution < 1.29 is 34.1 Å². The molecule has 1 aromatic carbocycles. The maximum absolute atomic E-state index is 12.4. The van der Waals surface area contributed by atoms with E-state index in [9.17, 15) is 14.4 Å². The number of benzene rings is 1. The van der Waals surface area contributed by atoms with E-state index in [-0.39, 0.29) is 6.09 Å². The van der Waals surface area contributed by atoms with Gasteiger partial charge in [0.15, 0.2) is 0 Å². The van der Waals surface area contributed by atoms with Gasteiger partial charge < -0.3 is 34.5 Å². The van der Waals surface area contributed by atoms with Crippen molar-refractivity contribution in [3.05, 3.63) is 46.1 Å². The van der Waals surface area contributed by atoms with Crippen molar-refractivity contribution in [3.8, 4) is 0 Å². The van der Waals surface area contributed by atoms with Crippen molar-refractivity contribution in [1.29, 1.82) is 0 Å². The lowest BCUT2D eigenvalue weighted by Gasteiger charge is -2.45. The molecule has 36 heavy (non-hydrogen) atoms. The van der Waals surface area contributed by atoms with Crippen LogP contribution in [0.3, 0.4) is 0 Å². The molecule has 10 nitrogen and oxygen atoms in total. The molecule has 2 aromatic rings. The van der Waals surface area contributed by atoms with Crippen molar-refractivity contribution in [2.45, 2.75) is 24.8 Å². The molecule has 0 radical (unpaired) electrons. The predicted octanol–water partition coefficient (Wildman–Crippen LogP) is 3.07. The lowest BCUT2D eigenvalue weighted by Crippen LogP contribution is -2.49. The molecule has 2 saturated heterocycles. The first-order valence-electron chi connectivity index (χ1n) is 11.9. The standard InChI is InChI=1S/C21H26BrN3O3.C4H4O4/c1-24-11-13(12-28-21(26)25-5-7-27-8-6-25)9-15-14-3-2-4-17-19(14)16(10-18(15)24)20(22)23-17;5-3(6)1-2-4(7)8/h2-4,13,15,18,23H,5-12H2,1H3;1-2H,(H,5,6)(H,7,8)/b;2-1-/t13-,15?,18-;/m1./s1. The number of rotatable bonds is 4. The summed E-state index contributed by atoms with van der Waals surface area (Å²) in [5.41, 5.74) is 4.04. The first-order valence-corrected chi connectivity index (χ1v) is 12.7. The molecule has 1 unspecified atom stereocenters. The van der Waals surface area contributed by atoms with Crippen LogP contribution in [0.15, 0.2) is 35.0 Å². The highest BCUT2D eigenvalue weighted by atomic mass is 79.9. The van der Waals surface area contributed by atoms with Crippen LogP contribution in [-0.2, 0) is 25.5 Å². The molecule has 2 fully saturated rings. The van der Waals surface area contributed by atoms with Gasteiger partial charge in [-0.2, -0.15) is 0 Å². The fourth-order valence-electron chi connectivity index (χ4n) is 5.39. The number of carboxylic acid groups (broad SMARTS) is 2. The molecule has 3 atom stereocenters. The Bertz CT molecular complexity index is 1140. The number of aromatic nitrogens is 1. The van der Waals surface area contributed by atoms with Crippen LogP contribution < -0.4 is 0 Å². The summed E-state index contributed by atoms with van der Waals surface area (Å²) < 4.78 is 12.1. The maximum Gasteiger partial charge on any atom is 0.409 e. The van der Waals surface area contributed by atoms with Crippen LogP contribution >= 0.6 is 15.9 Å². The van der Waals surface area contributed by atoms with Gasteiger partial charge in [-0.25, -0.2) is 14.4 Å². The number of nitrogens with zero attached hydrogens (tertiary/aromatic N) is 2. The number of ether oxygens (including phenoxy) is 2. The zero-order chi connectivity index (χ0) is 25.8. The van der Waals surface area contributed by atoms with Gasteiger partial charge in [-0.15, -0.1) is 0 Å². The van der Waals surface area contributed by atoms with Gasteiger partial charge in [-0.1, -0.05) is 12.1 Å². The average Bonchev–Trinajstić information content (AvgIpc) is 3.19. The highest BCUT2D eigenvalue weighted by Crippen LogP contribution is 2.46. The number of carboxylic acids is 2. The fourth-order valence-corrected chi connectivity index (χ4v) is 5.96. The lowest BCUT2D eigenvalue weighted by molar-refractivity contribution is -0.134. The van der Waals surface area contributed by atoms with Crippen LogP contribution in [0.25, 0.3) is 10.9 Å². The largest absolute Gasteiger partial charge is 0.478 e. The zero-order valence-corrected chi connectivity index (χ0v) is 21.6. The molecule has 5 rings (SSSR count). The van der Waals surface area contributed by atoms with Gasteiger partial charge >= 0.3 is 18.0 Å². The summed E-state index contributed by atoms with van der Waals surface area (Å²) in [6, 6.07) is 7.08. The Labute approximate surface area is 217 Å². The molecule has 0 saturated carbocycles. The monoisotopic (exact) mass is 563 g/mol. The number of carbonyl (C=O) groups is 3. The number of H-pyrrole nitrogens is 1. The van der Waals surface area contributed by atoms with E-state index >= 15 is 0 Å². The van der Waals surface area contributed by atoms with E-state index in [4.69, 9.17) is 19.7 Å². The number of nitrogens with one attached hydrogen (secondary N) is 1. The molecule has 1 amide bonds. The van der Waals surface area contributed by atoms with Gasteiger partial charge in [0.05, 0.1) is 24.4 Å². The minimum atomic E-state index is -1.26. The fraction of sp³-hybridized carbons (Fsp3) is 0.480. The summed E-state index contributed by atoms with van der Waals surface area (Å²) in [4.78, 5) is 39.2. The van der Waals surface area contributed by atoms with Gasteiger partial charge in [-0.3, -0.25) is 0 Å². The SMILES string of the molecule is CN1C[C@H](COC(=O)N2CCOCC2)CC2c3cccc4[nH]c(Br)c(c34)C[C@H]21.O=C(O)/C=C\C(=O)O. The number of carbonyl (C=O) groups excluding carboxylic acids is 1. The third-order valence-corrected chi connectivity index (χ3v) is 7.64. The number of amides is 1. The van der Waals surface area contributed by atoms with Crippen molar-refractivity contribution in [3.63, 3.8) is 0 Å². The molecular weight excluding hydrogens is 534 g/mol. The van der Waals surface area contributed by atoms with Crippen LogP contribution in [0.2, 0.25) is 0 Å². The minimum Gasteiger partial charge on any atom is -0.478 e. The molecule has 3 aliphatic rings. The first kappa shape index (κ1) is 26.2. The number of aromatic amines is 1. The first-order chi connectivity index (χ1) is 17.2. The van der Waals surface area contributed by atoms with E-state index in [2.05, 4.69) is 51.1 Å². The van der Waals surface area contributed by atoms with E-state index in [0.29, 0.717) is 62.9 Å². The quantitative estimate of drug-likeness (QED) is 0.483. The van der Waals surface area contributed by atoms with E-state index in [1.54, 1.807) is 4.90 Å². The summed E-state index contributed by atoms with van der Waals surface area (Å²) in [6.45, 7) is 3.91. The Hall–Kier alpha value is -2.89. The van der Waals surface area contributed by atoms with Crippen LogP contribution in [0.4, 0.5) is 4.79 Å². The molecule has 0 bridgehead atoms. The molecule has 1 aliphatic carbocycles. The zero-order valence-electron chi connectivity index (χ0n) is 20.0. The summed E-state index contributed by atoms with van der Waals surface area (Å²) in [6.07, 6.45) is 3.03. The third-order valence-electron chi connectivity index (χ3n) is 6.96. The number of fused-ring (bicyclic) bond motifs is 2. The molecule has 3 heterocycles. The van der Waals surface area contributed by atoms with Crippen LogP contribution in [-0.4, -0.2) is 95.6 Å². The molecular formula is C25H30BrN3O7. The van der Waals surface area contributed by atoms with Gasteiger partial charge in [0.2, 0.25) is 0 Å². The topological polar surface area (TPSA) is 132 Å². The molecule has 11 heteroatoms.